The largest absolute Gasteiger partial charge is 0.624 e. The van der Waals surface area contributed by atoms with E-state index in [0.29, 0.717) is 5.69 Å². The summed E-state index contributed by atoms with van der Waals surface area (Å²) < 4.78 is 2.23. The van der Waals surface area contributed by atoms with Crippen LogP contribution < -0.4 is 0 Å². The summed E-state index contributed by atoms with van der Waals surface area (Å²) in [7, 11) is 1.53. The van der Waals surface area contributed by atoms with Gasteiger partial charge >= 0.3 is 5.95 Å². The van der Waals surface area contributed by atoms with Crippen molar-refractivity contribution < 1.29 is 9.66 Å². The lowest BCUT2D eigenvalue weighted by Crippen LogP contribution is -2.25. The molecule has 2 rings (SSSR count). The van der Waals surface area contributed by atoms with Crippen LogP contribution in [0.2, 0.25) is 0 Å². The highest BCUT2D eigenvalue weighted by Gasteiger charge is 2.22. The average molecular weight is 252 g/mol. The molecular weight excluding hydrogens is 236 g/mol. The number of hydroxylamine groups is 1. The van der Waals surface area contributed by atoms with Gasteiger partial charge in [-0.15, -0.1) is 0 Å². The Balaban J connectivity index is 2.18. The zero-order valence-corrected chi connectivity index (χ0v) is 10.3. The van der Waals surface area contributed by atoms with Gasteiger partial charge in [-0.2, -0.15) is 0 Å². The smallest absolute Gasteiger partial charge is 0.435 e. The lowest BCUT2D eigenvalue weighted by molar-refractivity contribution is -0.500. The Bertz CT molecular complexity index is 475. The summed E-state index contributed by atoms with van der Waals surface area (Å²) in [4.78, 5) is 13.8. The third-order valence-electron chi connectivity index (χ3n) is 3.36. The van der Waals surface area contributed by atoms with Crippen LogP contribution in [0.3, 0.4) is 0 Å². The molecule has 0 N–H and O–H groups in total. The summed E-state index contributed by atoms with van der Waals surface area (Å²) in [6, 6.07) is -0.00675. The van der Waals surface area contributed by atoms with E-state index in [1.165, 1.54) is 30.4 Å². The minimum Gasteiger partial charge on any atom is -0.624 e. The fourth-order valence-corrected chi connectivity index (χ4v) is 2.27. The molecular formula is C11H16N4O3. The first-order chi connectivity index (χ1) is 8.59. The van der Waals surface area contributed by atoms with Crippen molar-refractivity contribution in [2.45, 2.75) is 38.1 Å². The van der Waals surface area contributed by atoms with Crippen LogP contribution in [0.5, 0.6) is 0 Å². The number of hydrogen-bond donors (Lipinski definition) is 0. The van der Waals surface area contributed by atoms with Crippen LogP contribution in [0.25, 0.3) is 0 Å². The van der Waals surface area contributed by atoms with E-state index in [2.05, 4.69) is 4.98 Å². The zero-order chi connectivity index (χ0) is 13.1. The molecule has 98 valence electrons. The van der Waals surface area contributed by atoms with Crippen molar-refractivity contribution in [2.75, 3.05) is 0 Å². The van der Waals surface area contributed by atoms with Gasteiger partial charge in [0, 0.05) is 12.8 Å². The van der Waals surface area contributed by atoms with Gasteiger partial charge in [0.25, 0.3) is 0 Å². The minimum atomic E-state index is -0.562. The second-order valence-corrected chi connectivity index (χ2v) is 4.58. The van der Waals surface area contributed by atoms with Crippen molar-refractivity contribution in [2.24, 2.45) is 7.05 Å². The van der Waals surface area contributed by atoms with Crippen molar-refractivity contribution in [3.8, 4) is 0 Å². The second kappa shape index (κ2) is 5.16. The Kier molecular flexibility index (Phi) is 3.59. The van der Waals surface area contributed by atoms with Crippen LogP contribution in [0.15, 0.2) is 6.20 Å². The van der Waals surface area contributed by atoms with Crippen LogP contribution in [-0.4, -0.2) is 31.5 Å². The maximum atomic E-state index is 11.9. The summed E-state index contributed by atoms with van der Waals surface area (Å²) in [6.07, 6.45) is 7.86. The molecule has 1 fully saturated rings. The van der Waals surface area contributed by atoms with E-state index in [-0.39, 0.29) is 12.0 Å². The van der Waals surface area contributed by atoms with Gasteiger partial charge in [-0.25, -0.2) is 9.31 Å². The molecule has 0 radical (unpaired) electrons. The molecule has 1 aromatic heterocycles. The molecule has 0 atom stereocenters. The van der Waals surface area contributed by atoms with Gasteiger partial charge in [0.2, 0.25) is 11.9 Å². The predicted molar refractivity (Wildman–Crippen MR) is 65.5 cm³/mol. The molecule has 18 heavy (non-hydrogen) atoms. The number of nitro groups is 1. The first-order valence-electron chi connectivity index (χ1n) is 6.06. The Morgan fingerprint density at radius 1 is 1.39 bits per heavy atom. The average Bonchev–Trinajstić information content (AvgIpc) is 2.72. The SMILES string of the molecule is Cn1c(C=[N+]([O-])C2CCCCC2)cnc1[N+](=O)[O-]. The van der Waals surface area contributed by atoms with Gasteiger partial charge in [0.1, 0.15) is 0 Å². The summed E-state index contributed by atoms with van der Waals surface area (Å²) in [6.45, 7) is 0. The maximum absolute atomic E-state index is 11.9. The predicted octanol–water partition coefficient (Wildman–Crippen LogP) is 1.59. The monoisotopic (exact) mass is 252 g/mol. The van der Waals surface area contributed by atoms with Gasteiger partial charge in [0.05, 0.1) is 7.05 Å². The minimum absolute atomic E-state index is 0.00675. The molecule has 0 spiro atoms. The first-order valence-corrected chi connectivity index (χ1v) is 6.06. The zero-order valence-electron chi connectivity index (χ0n) is 10.3. The Morgan fingerprint density at radius 2 is 2.06 bits per heavy atom. The number of hydrogen-bond acceptors (Lipinski definition) is 4. The van der Waals surface area contributed by atoms with E-state index in [4.69, 9.17) is 0 Å². The number of imidazole rings is 1. The molecule has 0 aromatic carbocycles. The fraction of sp³-hybridized carbons (Fsp3) is 0.636. The molecule has 1 saturated carbocycles. The van der Waals surface area contributed by atoms with Crippen LogP contribution in [0.1, 0.15) is 37.8 Å². The van der Waals surface area contributed by atoms with Crippen LogP contribution in [-0.2, 0) is 7.05 Å². The number of rotatable bonds is 3. The van der Waals surface area contributed by atoms with Crippen molar-refractivity contribution >= 4 is 12.2 Å². The van der Waals surface area contributed by atoms with Gasteiger partial charge < -0.3 is 15.3 Å². The molecule has 0 aliphatic heterocycles. The Labute approximate surface area is 104 Å². The molecule has 1 aliphatic rings. The molecule has 1 aliphatic carbocycles. The summed E-state index contributed by atoms with van der Waals surface area (Å²) in [5.74, 6) is -0.252. The molecule has 1 heterocycles. The number of nitrogens with zero attached hydrogens (tertiary/aromatic N) is 4. The summed E-state index contributed by atoms with van der Waals surface area (Å²) in [5, 5.41) is 22.6. The topological polar surface area (TPSA) is 87.0 Å². The third-order valence-corrected chi connectivity index (χ3v) is 3.36. The Morgan fingerprint density at radius 3 is 2.61 bits per heavy atom. The van der Waals surface area contributed by atoms with Gasteiger partial charge in [-0.05, 0) is 17.8 Å². The van der Waals surface area contributed by atoms with E-state index >= 15 is 0 Å². The van der Waals surface area contributed by atoms with Crippen LogP contribution in [0.4, 0.5) is 5.95 Å². The standard InChI is InChI=1S/C11H16N4O3/c1-13-10(7-12-11(13)15(17)18)8-14(16)9-5-3-2-4-6-9/h7-9H,2-6H2,1H3. The molecule has 7 heteroatoms. The van der Waals surface area contributed by atoms with Gasteiger partial charge in [-0.1, -0.05) is 11.4 Å². The van der Waals surface area contributed by atoms with Gasteiger partial charge in [0.15, 0.2) is 12.2 Å². The normalized spacial score (nSPS) is 17.9. The fourth-order valence-electron chi connectivity index (χ4n) is 2.27. The van der Waals surface area contributed by atoms with Crippen molar-refractivity contribution in [3.63, 3.8) is 0 Å². The highest BCUT2D eigenvalue weighted by Crippen LogP contribution is 2.20. The molecule has 0 amide bonds. The maximum Gasteiger partial charge on any atom is 0.435 e. The molecule has 0 bridgehead atoms. The summed E-state index contributed by atoms with van der Waals surface area (Å²) >= 11 is 0. The lowest BCUT2D eigenvalue weighted by atomic mass is 9.96. The molecule has 0 unspecified atom stereocenters. The Hall–Kier alpha value is -1.92. The van der Waals surface area contributed by atoms with E-state index in [1.54, 1.807) is 0 Å². The summed E-state index contributed by atoms with van der Waals surface area (Å²) in [5.41, 5.74) is 0.460. The first kappa shape index (κ1) is 12.5. The molecule has 1 aromatic rings. The molecule has 7 nitrogen and oxygen atoms in total. The quantitative estimate of drug-likeness (QED) is 0.269. The lowest BCUT2D eigenvalue weighted by Gasteiger charge is -2.20. The van der Waals surface area contributed by atoms with E-state index < -0.39 is 4.92 Å². The second-order valence-electron chi connectivity index (χ2n) is 4.58. The van der Waals surface area contributed by atoms with E-state index in [0.717, 1.165) is 30.4 Å². The van der Waals surface area contributed by atoms with Gasteiger partial charge in [-0.3, -0.25) is 0 Å². The molecule has 0 saturated heterocycles. The van der Waals surface area contributed by atoms with E-state index in [1.807, 2.05) is 0 Å². The number of aromatic nitrogens is 2. The van der Waals surface area contributed by atoms with Crippen molar-refractivity contribution in [1.29, 1.82) is 0 Å². The van der Waals surface area contributed by atoms with Crippen LogP contribution >= 0.6 is 0 Å². The van der Waals surface area contributed by atoms with E-state index in [9.17, 15) is 15.3 Å². The highest BCUT2D eigenvalue weighted by molar-refractivity contribution is 5.73. The van der Waals surface area contributed by atoms with Crippen LogP contribution in [0, 0.1) is 15.3 Å². The van der Waals surface area contributed by atoms with Crippen molar-refractivity contribution in [1.82, 2.24) is 9.55 Å². The van der Waals surface area contributed by atoms with Crippen molar-refractivity contribution in [3.05, 3.63) is 27.2 Å². The third kappa shape index (κ3) is 2.49. The highest BCUT2D eigenvalue weighted by atomic mass is 16.6.